The number of nitrogens with zero attached hydrogens (tertiary/aromatic N) is 1. The molecule has 2 heterocycles. The Hall–Kier alpha value is -0.0800. The highest BCUT2D eigenvalue weighted by Gasteiger charge is 2.36. The second kappa shape index (κ2) is 5.27. The Morgan fingerprint density at radius 3 is 2.88 bits per heavy atom. The molecule has 0 aromatic carbocycles. The average molecular weight is 236 g/mol. The van der Waals surface area contributed by atoms with Gasteiger partial charge in [-0.15, -0.1) is 0 Å². The fraction of sp³-hybridized carbons (Fsp3) is 1.00. The molecule has 2 aliphatic heterocycles. The van der Waals surface area contributed by atoms with Gasteiger partial charge in [-0.3, -0.25) is 4.90 Å². The van der Waals surface area contributed by atoms with Gasteiger partial charge < -0.3 is 5.32 Å². The largest absolute Gasteiger partial charge is 0.313 e. The van der Waals surface area contributed by atoms with Gasteiger partial charge in [-0.05, 0) is 57.0 Å². The summed E-state index contributed by atoms with van der Waals surface area (Å²) in [4.78, 5) is 2.82. The van der Waals surface area contributed by atoms with E-state index in [2.05, 4.69) is 17.1 Å². The molecule has 3 fully saturated rings. The highest BCUT2D eigenvalue weighted by molar-refractivity contribution is 4.92. The molecule has 98 valence electrons. The summed E-state index contributed by atoms with van der Waals surface area (Å²) in [5.41, 5.74) is 0. The van der Waals surface area contributed by atoms with Crippen molar-refractivity contribution in [3.05, 3.63) is 0 Å². The Labute approximate surface area is 106 Å². The second-order valence-electron chi connectivity index (χ2n) is 6.68. The van der Waals surface area contributed by atoms with E-state index >= 15 is 0 Å². The first-order valence-electron chi connectivity index (χ1n) is 7.80. The van der Waals surface area contributed by atoms with E-state index in [1.165, 1.54) is 64.6 Å². The van der Waals surface area contributed by atoms with E-state index in [1.54, 1.807) is 0 Å². The van der Waals surface area contributed by atoms with Crippen molar-refractivity contribution >= 4 is 0 Å². The molecule has 4 unspecified atom stereocenters. The lowest BCUT2D eigenvalue weighted by atomic mass is 9.85. The minimum atomic E-state index is 0.777. The first-order valence-corrected chi connectivity index (χ1v) is 7.80. The summed E-state index contributed by atoms with van der Waals surface area (Å²) in [6.07, 6.45) is 10.2. The fourth-order valence-corrected chi connectivity index (χ4v) is 4.37. The van der Waals surface area contributed by atoms with Gasteiger partial charge in [0.25, 0.3) is 0 Å². The molecule has 17 heavy (non-hydrogen) atoms. The Morgan fingerprint density at radius 1 is 1.12 bits per heavy atom. The molecule has 0 bridgehead atoms. The van der Waals surface area contributed by atoms with Crippen LogP contribution in [0.15, 0.2) is 0 Å². The molecule has 0 amide bonds. The zero-order valence-electron chi connectivity index (χ0n) is 11.3. The Balaban J connectivity index is 1.54. The van der Waals surface area contributed by atoms with Crippen molar-refractivity contribution in [2.24, 2.45) is 11.8 Å². The Bertz CT molecular complexity index is 253. The fourth-order valence-electron chi connectivity index (χ4n) is 4.37. The molecule has 2 saturated heterocycles. The van der Waals surface area contributed by atoms with Crippen LogP contribution in [0.5, 0.6) is 0 Å². The molecule has 3 rings (SSSR count). The number of nitrogens with one attached hydrogen (secondary N) is 1. The molecule has 2 heteroatoms. The highest BCUT2D eigenvalue weighted by atomic mass is 15.2. The number of rotatable bonds is 2. The van der Waals surface area contributed by atoms with Crippen LogP contribution in [-0.4, -0.2) is 36.6 Å². The number of piperidine rings is 1. The maximum absolute atomic E-state index is 3.73. The zero-order valence-corrected chi connectivity index (χ0v) is 11.3. The van der Waals surface area contributed by atoms with Gasteiger partial charge in [-0.2, -0.15) is 0 Å². The minimum absolute atomic E-state index is 0.777. The third-order valence-corrected chi connectivity index (χ3v) is 5.34. The van der Waals surface area contributed by atoms with Gasteiger partial charge in [0, 0.05) is 18.6 Å². The minimum Gasteiger partial charge on any atom is -0.313 e. The van der Waals surface area contributed by atoms with Crippen LogP contribution < -0.4 is 5.32 Å². The Morgan fingerprint density at radius 2 is 2.00 bits per heavy atom. The lowest BCUT2D eigenvalue weighted by Crippen LogP contribution is -2.47. The van der Waals surface area contributed by atoms with Crippen molar-refractivity contribution in [1.29, 1.82) is 0 Å². The maximum Gasteiger partial charge on any atom is 0.0197 e. The van der Waals surface area contributed by atoms with Crippen LogP contribution in [0.4, 0.5) is 0 Å². The summed E-state index contributed by atoms with van der Waals surface area (Å²) < 4.78 is 0. The van der Waals surface area contributed by atoms with Crippen molar-refractivity contribution in [3.8, 4) is 0 Å². The van der Waals surface area contributed by atoms with Crippen molar-refractivity contribution in [1.82, 2.24) is 10.2 Å². The van der Waals surface area contributed by atoms with Crippen LogP contribution in [0, 0.1) is 11.8 Å². The summed E-state index contributed by atoms with van der Waals surface area (Å²) in [6, 6.07) is 1.72. The molecular weight excluding hydrogens is 208 g/mol. The standard InChI is InChI=1S/C15H28N2/c1-12-6-8-16-14(10-12)11-17-9-7-13-4-2-3-5-15(13)17/h12-16H,2-11H2,1H3. The monoisotopic (exact) mass is 236 g/mol. The van der Waals surface area contributed by atoms with E-state index in [4.69, 9.17) is 0 Å². The molecular formula is C15H28N2. The third-order valence-electron chi connectivity index (χ3n) is 5.34. The molecule has 0 aromatic rings. The summed E-state index contributed by atoms with van der Waals surface area (Å²) >= 11 is 0. The van der Waals surface area contributed by atoms with Crippen LogP contribution in [0.2, 0.25) is 0 Å². The van der Waals surface area contributed by atoms with Crippen LogP contribution >= 0.6 is 0 Å². The van der Waals surface area contributed by atoms with E-state index in [0.717, 1.165) is 23.9 Å². The van der Waals surface area contributed by atoms with Crippen LogP contribution in [-0.2, 0) is 0 Å². The average Bonchev–Trinajstić information content (AvgIpc) is 2.73. The van der Waals surface area contributed by atoms with Gasteiger partial charge in [-0.25, -0.2) is 0 Å². The molecule has 1 saturated carbocycles. The quantitative estimate of drug-likeness (QED) is 0.793. The zero-order chi connectivity index (χ0) is 11.7. The smallest absolute Gasteiger partial charge is 0.0197 e. The molecule has 0 radical (unpaired) electrons. The van der Waals surface area contributed by atoms with Crippen molar-refractivity contribution < 1.29 is 0 Å². The van der Waals surface area contributed by atoms with Gasteiger partial charge in [0.05, 0.1) is 0 Å². The normalized spacial score (nSPS) is 43.6. The maximum atomic E-state index is 3.73. The molecule has 0 aromatic heterocycles. The van der Waals surface area contributed by atoms with Gasteiger partial charge in [-0.1, -0.05) is 19.8 Å². The van der Waals surface area contributed by atoms with Crippen molar-refractivity contribution in [3.63, 3.8) is 0 Å². The lowest BCUT2D eigenvalue weighted by molar-refractivity contribution is 0.152. The lowest BCUT2D eigenvalue weighted by Gasteiger charge is -2.36. The molecule has 2 nitrogen and oxygen atoms in total. The predicted octanol–water partition coefficient (Wildman–Crippen LogP) is 2.64. The van der Waals surface area contributed by atoms with Gasteiger partial charge in [0.2, 0.25) is 0 Å². The molecule has 3 aliphatic rings. The van der Waals surface area contributed by atoms with Gasteiger partial charge in [0.1, 0.15) is 0 Å². The summed E-state index contributed by atoms with van der Waals surface area (Å²) in [5.74, 6) is 1.98. The molecule has 1 N–H and O–H groups in total. The van der Waals surface area contributed by atoms with Crippen molar-refractivity contribution in [2.45, 2.75) is 64.0 Å². The summed E-state index contributed by atoms with van der Waals surface area (Å²) in [5, 5.41) is 3.73. The van der Waals surface area contributed by atoms with E-state index in [1.807, 2.05) is 0 Å². The van der Waals surface area contributed by atoms with Crippen LogP contribution in [0.3, 0.4) is 0 Å². The SMILES string of the molecule is CC1CCNC(CN2CCC3CCCCC32)C1. The third kappa shape index (κ3) is 2.68. The van der Waals surface area contributed by atoms with E-state index in [9.17, 15) is 0 Å². The first kappa shape index (κ1) is 12.0. The number of fused-ring (bicyclic) bond motifs is 1. The molecule has 1 aliphatic carbocycles. The predicted molar refractivity (Wildman–Crippen MR) is 72.1 cm³/mol. The van der Waals surface area contributed by atoms with E-state index in [0.29, 0.717) is 0 Å². The number of hydrogen-bond acceptors (Lipinski definition) is 2. The molecule has 0 spiro atoms. The molecule has 4 atom stereocenters. The van der Waals surface area contributed by atoms with Gasteiger partial charge >= 0.3 is 0 Å². The second-order valence-corrected chi connectivity index (χ2v) is 6.68. The van der Waals surface area contributed by atoms with Crippen LogP contribution in [0.25, 0.3) is 0 Å². The Kier molecular flexibility index (Phi) is 3.72. The highest BCUT2D eigenvalue weighted by Crippen LogP contribution is 2.36. The van der Waals surface area contributed by atoms with E-state index < -0.39 is 0 Å². The first-order chi connectivity index (χ1) is 8.33. The topological polar surface area (TPSA) is 15.3 Å². The number of hydrogen-bond donors (Lipinski definition) is 1. The number of likely N-dealkylation sites (tertiary alicyclic amines) is 1. The van der Waals surface area contributed by atoms with E-state index in [-0.39, 0.29) is 0 Å². The van der Waals surface area contributed by atoms with Crippen molar-refractivity contribution in [2.75, 3.05) is 19.6 Å². The van der Waals surface area contributed by atoms with Gasteiger partial charge in [0.15, 0.2) is 0 Å². The summed E-state index contributed by atoms with van der Waals surface area (Å²) in [7, 11) is 0. The summed E-state index contributed by atoms with van der Waals surface area (Å²) in [6.45, 7) is 6.36. The van der Waals surface area contributed by atoms with Crippen LogP contribution in [0.1, 0.15) is 51.9 Å².